The summed E-state index contributed by atoms with van der Waals surface area (Å²) in [7, 11) is 0. The fraction of sp³-hybridized carbons (Fsp3) is 0.417. The summed E-state index contributed by atoms with van der Waals surface area (Å²) in [5.74, 6) is 0. The first kappa shape index (κ1) is 12.5. The molecule has 4 nitrogen and oxygen atoms in total. The lowest BCUT2D eigenvalue weighted by atomic mass is 10.2. The minimum absolute atomic E-state index is 0.347. The number of nitrogens with one attached hydrogen (secondary N) is 2. The quantitative estimate of drug-likeness (QED) is 0.594. The number of aryl methyl sites for hydroxylation is 1. The third kappa shape index (κ3) is 4.79. The van der Waals surface area contributed by atoms with Crippen LogP contribution < -0.4 is 10.8 Å². The molecule has 0 fully saturated rings. The van der Waals surface area contributed by atoms with Gasteiger partial charge in [0.2, 0.25) is 0 Å². The molecule has 0 radical (unpaired) electrons. The molecule has 0 unspecified atom stereocenters. The minimum atomic E-state index is -0.347. The van der Waals surface area contributed by atoms with Gasteiger partial charge in [-0.3, -0.25) is 4.84 Å². The Labute approximate surface area is 95.9 Å². The SMILES string of the molecule is CCCCONC(=O)Nc1ccc(C)cc1. The summed E-state index contributed by atoms with van der Waals surface area (Å²) in [6, 6.07) is 7.23. The fourth-order valence-corrected chi connectivity index (χ4v) is 1.13. The van der Waals surface area contributed by atoms with E-state index in [0.717, 1.165) is 24.1 Å². The fourth-order valence-electron chi connectivity index (χ4n) is 1.13. The van der Waals surface area contributed by atoms with Crippen molar-refractivity contribution in [1.29, 1.82) is 0 Å². The van der Waals surface area contributed by atoms with E-state index in [-0.39, 0.29) is 6.03 Å². The average Bonchev–Trinajstić information content (AvgIpc) is 2.28. The molecule has 0 atom stereocenters. The van der Waals surface area contributed by atoms with Crippen molar-refractivity contribution < 1.29 is 9.63 Å². The van der Waals surface area contributed by atoms with E-state index in [1.807, 2.05) is 31.2 Å². The highest BCUT2D eigenvalue weighted by Crippen LogP contribution is 2.07. The number of anilines is 1. The summed E-state index contributed by atoms with van der Waals surface area (Å²) in [5.41, 5.74) is 4.24. The molecule has 88 valence electrons. The highest BCUT2D eigenvalue weighted by molar-refractivity contribution is 5.88. The smallest absolute Gasteiger partial charge is 0.306 e. The maximum atomic E-state index is 11.3. The van der Waals surface area contributed by atoms with Crippen LogP contribution in [0.5, 0.6) is 0 Å². The number of benzene rings is 1. The van der Waals surface area contributed by atoms with Gasteiger partial charge in [0, 0.05) is 5.69 Å². The zero-order valence-corrected chi connectivity index (χ0v) is 9.75. The minimum Gasteiger partial charge on any atom is -0.306 e. The van der Waals surface area contributed by atoms with Crippen LogP contribution in [0.3, 0.4) is 0 Å². The van der Waals surface area contributed by atoms with Crippen molar-refractivity contribution in [1.82, 2.24) is 5.48 Å². The van der Waals surface area contributed by atoms with Gasteiger partial charge in [-0.2, -0.15) is 0 Å². The van der Waals surface area contributed by atoms with Gasteiger partial charge in [-0.1, -0.05) is 31.0 Å². The van der Waals surface area contributed by atoms with Crippen molar-refractivity contribution >= 4 is 11.7 Å². The number of hydrogen-bond acceptors (Lipinski definition) is 2. The molecule has 0 aromatic heterocycles. The summed E-state index contributed by atoms with van der Waals surface area (Å²) in [6.07, 6.45) is 1.98. The summed E-state index contributed by atoms with van der Waals surface area (Å²) in [5, 5.41) is 2.67. The zero-order chi connectivity index (χ0) is 11.8. The Morgan fingerprint density at radius 3 is 2.62 bits per heavy atom. The van der Waals surface area contributed by atoms with Crippen LogP contribution in [-0.4, -0.2) is 12.6 Å². The molecule has 2 amide bonds. The van der Waals surface area contributed by atoms with Gasteiger partial charge in [-0.15, -0.1) is 0 Å². The molecule has 0 saturated carbocycles. The van der Waals surface area contributed by atoms with E-state index in [9.17, 15) is 4.79 Å². The van der Waals surface area contributed by atoms with Crippen LogP contribution >= 0.6 is 0 Å². The van der Waals surface area contributed by atoms with E-state index in [1.165, 1.54) is 0 Å². The topological polar surface area (TPSA) is 50.4 Å². The molecule has 0 aliphatic heterocycles. The van der Waals surface area contributed by atoms with Crippen LogP contribution in [0, 0.1) is 6.92 Å². The largest absolute Gasteiger partial charge is 0.343 e. The third-order valence-electron chi connectivity index (χ3n) is 2.07. The van der Waals surface area contributed by atoms with Gasteiger partial charge < -0.3 is 5.32 Å². The number of rotatable bonds is 5. The van der Waals surface area contributed by atoms with Gasteiger partial charge in [0.15, 0.2) is 0 Å². The highest BCUT2D eigenvalue weighted by Gasteiger charge is 2.00. The van der Waals surface area contributed by atoms with Crippen LogP contribution in [0.15, 0.2) is 24.3 Å². The number of hydrogen-bond donors (Lipinski definition) is 2. The molecule has 0 saturated heterocycles. The third-order valence-corrected chi connectivity index (χ3v) is 2.07. The number of unbranched alkanes of at least 4 members (excludes halogenated alkanes) is 1. The van der Waals surface area contributed by atoms with Crippen molar-refractivity contribution in [3.8, 4) is 0 Å². The number of carbonyl (C=O) groups is 1. The maximum Gasteiger partial charge on any atom is 0.343 e. The van der Waals surface area contributed by atoms with Crippen molar-refractivity contribution in [2.24, 2.45) is 0 Å². The molecular formula is C12H18N2O2. The van der Waals surface area contributed by atoms with Crippen LogP contribution in [0.2, 0.25) is 0 Å². The highest BCUT2D eigenvalue weighted by atomic mass is 16.7. The number of hydroxylamine groups is 1. The lowest BCUT2D eigenvalue weighted by Gasteiger charge is -2.07. The number of urea groups is 1. The molecule has 1 aromatic rings. The lowest BCUT2D eigenvalue weighted by molar-refractivity contribution is 0.0640. The molecule has 0 aliphatic carbocycles. The zero-order valence-electron chi connectivity index (χ0n) is 9.75. The van der Waals surface area contributed by atoms with Gasteiger partial charge in [0.25, 0.3) is 0 Å². The van der Waals surface area contributed by atoms with Gasteiger partial charge in [-0.05, 0) is 25.5 Å². The van der Waals surface area contributed by atoms with Crippen LogP contribution in [-0.2, 0) is 4.84 Å². The summed E-state index contributed by atoms with van der Waals surface area (Å²) >= 11 is 0. The lowest BCUT2D eigenvalue weighted by Crippen LogP contribution is -2.29. The monoisotopic (exact) mass is 222 g/mol. The first-order valence-corrected chi connectivity index (χ1v) is 5.48. The summed E-state index contributed by atoms with van der Waals surface area (Å²) in [4.78, 5) is 16.3. The molecule has 4 heteroatoms. The van der Waals surface area contributed by atoms with E-state index in [2.05, 4.69) is 17.7 Å². The first-order chi connectivity index (χ1) is 7.72. The Morgan fingerprint density at radius 1 is 1.31 bits per heavy atom. The predicted octanol–water partition coefficient (Wildman–Crippen LogP) is 2.85. The molecule has 16 heavy (non-hydrogen) atoms. The Morgan fingerprint density at radius 2 is 2.00 bits per heavy atom. The first-order valence-electron chi connectivity index (χ1n) is 5.48. The molecule has 1 aromatic carbocycles. The van der Waals surface area contributed by atoms with E-state index in [0.29, 0.717) is 6.61 Å². The van der Waals surface area contributed by atoms with E-state index in [4.69, 9.17) is 4.84 Å². The molecular weight excluding hydrogens is 204 g/mol. The van der Waals surface area contributed by atoms with E-state index in [1.54, 1.807) is 0 Å². The van der Waals surface area contributed by atoms with Gasteiger partial charge in [0.05, 0.1) is 6.61 Å². The van der Waals surface area contributed by atoms with Crippen LogP contribution in [0.1, 0.15) is 25.3 Å². The van der Waals surface area contributed by atoms with Crippen molar-refractivity contribution in [2.75, 3.05) is 11.9 Å². The molecule has 1 rings (SSSR count). The van der Waals surface area contributed by atoms with Gasteiger partial charge in [-0.25, -0.2) is 10.3 Å². The predicted molar refractivity (Wildman–Crippen MR) is 64.2 cm³/mol. The van der Waals surface area contributed by atoms with E-state index >= 15 is 0 Å². The molecule has 2 N–H and O–H groups in total. The Kier molecular flexibility index (Phi) is 5.36. The van der Waals surface area contributed by atoms with Crippen molar-refractivity contribution in [2.45, 2.75) is 26.7 Å². The number of amides is 2. The summed E-state index contributed by atoms with van der Waals surface area (Å²) < 4.78 is 0. The Balaban J connectivity index is 2.26. The van der Waals surface area contributed by atoms with Gasteiger partial charge in [0.1, 0.15) is 0 Å². The second-order valence-electron chi connectivity index (χ2n) is 3.62. The van der Waals surface area contributed by atoms with E-state index < -0.39 is 0 Å². The molecule has 0 bridgehead atoms. The second-order valence-corrected chi connectivity index (χ2v) is 3.62. The van der Waals surface area contributed by atoms with Crippen molar-refractivity contribution in [3.05, 3.63) is 29.8 Å². The molecule has 0 aliphatic rings. The average molecular weight is 222 g/mol. The van der Waals surface area contributed by atoms with Gasteiger partial charge >= 0.3 is 6.03 Å². The second kappa shape index (κ2) is 6.85. The van der Waals surface area contributed by atoms with Crippen molar-refractivity contribution in [3.63, 3.8) is 0 Å². The van der Waals surface area contributed by atoms with Crippen LogP contribution in [0.25, 0.3) is 0 Å². The molecule has 0 spiro atoms. The van der Waals surface area contributed by atoms with Crippen LogP contribution in [0.4, 0.5) is 10.5 Å². The Bertz CT molecular complexity index is 322. The number of carbonyl (C=O) groups excluding carboxylic acids is 1. The Hall–Kier alpha value is -1.55. The molecule has 0 heterocycles. The summed E-state index contributed by atoms with van der Waals surface area (Å²) in [6.45, 7) is 4.60. The maximum absolute atomic E-state index is 11.3. The normalized spacial score (nSPS) is 9.88. The standard InChI is InChI=1S/C12H18N2O2/c1-3-4-9-16-14-12(15)13-11-7-5-10(2)6-8-11/h5-8H,3-4,9H2,1-2H3,(H2,13,14,15).